The van der Waals surface area contributed by atoms with Crippen LogP contribution in [0.1, 0.15) is 30.3 Å². The maximum atomic E-state index is 12.8. The molecule has 2 bridgehead atoms. The van der Waals surface area contributed by atoms with Crippen LogP contribution >= 0.6 is 11.3 Å². The van der Waals surface area contributed by atoms with E-state index in [1.165, 1.54) is 11.3 Å². The Bertz CT molecular complexity index is 733. The number of amides is 2. The number of aryl methyl sites for hydroxylation is 1. The monoisotopic (exact) mass is 362 g/mol. The van der Waals surface area contributed by atoms with Gasteiger partial charge in [-0.25, -0.2) is 0 Å². The highest BCUT2D eigenvalue weighted by Crippen LogP contribution is 2.51. The normalized spacial score (nSPS) is 32.5. The van der Waals surface area contributed by atoms with Crippen LogP contribution in [0.4, 0.5) is 0 Å². The van der Waals surface area contributed by atoms with Crippen molar-refractivity contribution in [3.63, 3.8) is 0 Å². The lowest BCUT2D eigenvalue weighted by Crippen LogP contribution is -2.44. The molecule has 8 heteroatoms. The van der Waals surface area contributed by atoms with E-state index in [1.807, 2.05) is 30.9 Å². The molecule has 4 heterocycles. The van der Waals surface area contributed by atoms with Crippen LogP contribution in [-0.2, 0) is 27.3 Å². The molecule has 7 nitrogen and oxygen atoms in total. The molecule has 0 aliphatic carbocycles. The zero-order chi connectivity index (χ0) is 17.6. The molecule has 0 unspecified atom stereocenters. The van der Waals surface area contributed by atoms with Crippen molar-refractivity contribution >= 4 is 23.2 Å². The largest absolute Gasteiger partial charge is 0.360 e. The second-order valence-corrected chi connectivity index (χ2v) is 7.97. The number of rotatable bonds is 6. The lowest BCUT2D eigenvalue weighted by molar-refractivity contribution is -0.137. The zero-order valence-electron chi connectivity index (χ0n) is 14.4. The van der Waals surface area contributed by atoms with E-state index in [-0.39, 0.29) is 17.9 Å². The standard InChI is InChI=1S/C17H22N4O3S/c1-3-7-21-9-17-6-5-10(24-17)13(14(17)16(21)23)15(22)18-8-12-20-19-11(4-2)25-12/h5-6,10,13-14H,3-4,7-9H2,1-2H3,(H,18,22)/t10-,13-,14+,17-/m0/s1. The second kappa shape index (κ2) is 6.17. The molecule has 4 rings (SSSR count). The van der Waals surface area contributed by atoms with Gasteiger partial charge < -0.3 is 15.0 Å². The predicted octanol–water partition coefficient (Wildman–Crippen LogP) is 0.909. The third-order valence-electron chi connectivity index (χ3n) is 5.20. The quantitative estimate of drug-likeness (QED) is 0.761. The number of nitrogens with zero attached hydrogens (tertiary/aromatic N) is 3. The van der Waals surface area contributed by atoms with Crippen LogP contribution in [0.15, 0.2) is 12.2 Å². The van der Waals surface area contributed by atoms with Gasteiger partial charge in [0.1, 0.15) is 15.6 Å². The van der Waals surface area contributed by atoms with Gasteiger partial charge in [0, 0.05) is 6.54 Å². The molecule has 2 fully saturated rings. The van der Waals surface area contributed by atoms with Crippen LogP contribution in [0.3, 0.4) is 0 Å². The summed E-state index contributed by atoms with van der Waals surface area (Å²) < 4.78 is 6.08. The van der Waals surface area contributed by atoms with Crippen LogP contribution in [0.25, 0.3) is 0 Å². The molecule has 2 amide bonds. The minimum absolute atomic E-state index is 0.0398. The number of nitrogens with one attached hydrogen (secondary N) is 1. The molecule has 0 saturated carbocycles. The molecule has 3 aliphatic heterocycles. The van der Waals surface area contributed by atoms with Crippen molar-refractivity contribution in [3.05, 3.63) is 22.2 Å². The summed E-state index contributed by atoms with van der Waals surface area (Å²) >= 11 is 1.50. The number of likely N-dealkylation sites (tertiary alicyclic amines) is 1. The highest BCUT2D eigenvalue weighted by molar-refractivity contribution is 7.11. The third-order valence-corrected chi connectivity index (χ3v) is 6.27. The van der Waals surface area contributed by atoms with Gasteiger partial charge in [-0.3, -0.25) is 9.59 Å². The SMILES string of the molecule is CCCN1C[C@]23C=C[C@H](O2)[C@H](C(=O)NCc2nnc(CC)s2)[C@@H]3C1=O. The highest BCUT2D eigenvalue weighted by atomic mass is 32.1. The lowest BCUT2D eigenvalue weighted by Gasteiger charge is -2.23. The highest BCUT2D eigenvalue weighted by Gasteiger charge is 2.66. The van der Waals surface area contributed by atoms with Gasteiger partial charge in [-0.2, -0.15) is 0 Å². The fraction of sp³-hybridized carbons (Fsp3) is 0.647. The van der Waals surface area contributed by atoms with E-state index >= 15 is 0 Å². The van der Waals surface area contributed by atoms with E-state index < -0.39 is 17.4 Å². The molecule has 1 N–H and O–H groups in total. The lowest BCUT2D eigenvalue weighted by atomic mass is 9.77. The van der Waals surface area contributed by atoms with Crippen molar-refractivity contribution in [1.29, 1.82) is 0 Å². The number of aromatic nitrogens is 2. The van der Waals surface area contributed by atoms with E-state index in [9.17, 15) is 9.59 Å². The number of hydrogen-bond donors (Lipinski definition) is 1. The second-order valence-electron chi connectivity index (χ2n) is 6.82. The minimum Gasteiger partial charge on any atom is -0.360 e. The Balaban J connectivity index is 1.47. The maximum absolute atomic E-state index is 12.8. The first-order valence-electron chi connectivity index (χ1n) is 8.83. The summed E-state index contributed by atoms with van der Waals surface area (Å²) in [5.41, 5.74) is -0.614. The van der Waals surface area contributed by atoms with Crippen molar-refractivity contribution < 1.29 is 14.3 Å². The minimum atomic E-state index is -0.614. The summed E-state index contributed by atoms with van der Waals surface area (Å²) in [5, 5.41) is 12.8. The van der Waals surface area contributed by atoms with Crippen LogP contribution < -0.4 is 5.32 Å². The van der Waals surface area contributed by atoms with Crippen molar-refractivity contribution in [3.8, 4) is 0 Å². The summed E-state index contributed by atoms with van der Waals surface area (Å²) in [6.07, 6.45) is 5.34. The van der Waals surface area contributed by atoms with Crippen LogP contribution in [-0.4, -0.2) is 51.7 Å². The summed E-state index contributed by atoms with van der Waals surface area (Å²) in [7, 11) is 0. The number of carbonyl (C=O) groups excluding carboxylic acids is 2. The Labute approximate surface area is 150 Å². The molecular weight excluding hydrogens is 340 g/mol. The number of fused-ring (bicyclic) bond motifs is 1. The first-order chi connectivity index (χ1) is 12.1. The fourth-order valence-electron chi connectivity index (χ4n) is 4.12. The smallest absolute Gasteiger partial charge is 0.230 e. The van der Waals surface area contributed by atoms with Gasteiger partial charge in [0.25, 0.3) is 0 Å². The van der Waals surface area contributed by atoms with Gasteiger partial charge in [0.05, 0.1) is 31.0 Å². The van der Waals surface area contributed by atoms with Gasteiger partial charge in [-0.1, -0.05) is 37.3 Å². The summed E-state index contributed by atoms with van der Waals surface area (Å²) in [4.78, 5) is 27.4. The summed E-state index contributed by atoms with van der Waals surface area (Å²) in [6, 6.07) is 0. The van der Waals surface area contributed by atoms with E-state index in [4.69, 9.17) is 4.74 Å². The van der Waals surface area contributed by atoms with Gasteiger partial charge in [-0.05, 0) is 12.8 Å². The molecule has 25 heavy (non-hydrogen) atoms. The van der Waals surface area contributed by atoms with Crippen molar-refractivity contribution in [2.24, 2.45) is 11.8 Å². The van der Waals surface area contributed by atoms with Crippen LogP contribution in [0.5, 0.6) is 0 Å². The van der Waals surface area contributed by atoms with Gasteiger partial charge in [0.2, 0.25) is 11.8 Å². The number of carbonyl (C=O) groups is 2. The van der Waals surface area contributed by atoms with E-state index in [1.54, 1.807) is 0 Å². The maximum Gasteiger partial charge on any atom is 0.230 e. The Hall–Kier alpha value is -1.80. The molecule has 134 valence electrons. The summed E-state index contributed by atoms with van der Waals surface area (Å²) in [6.45, 7) is 5.67. The Kier molecular flexibility index (Phi) is 4.11. The molecule has 4 atom stereocenters. The van der Waals surface area contributed by atoms with Gasteiger partial charge in [0.15, 0.2) is 0 Å². The first kappa shape index (κ1) is 16.7. The first-order valence-corrected chi connectivity index (χ1v) is 9.64. The van der Waals surface area contributed by atoms with Crippen molar-refractivity contribution in [1.82, 2.24) is 20.4 Å². The third kappa shape index (κ3) is 2.58. The topological polar surface area (TPSA) is 84.4 Å². The fourth-order valence-corrected chi connectivity index (χ4v) is 4.84. The number of hydrogen-bond acceptors (Lipinski definition) is 6. The number of ether oxygens (including phenoxy) is 1. The molecule has 1 aromatic heterocycles. The molecule has 0 radical (unpaired) electrons. The van der Waals surface area contributed by atoms with Crippen molar-refractivity contribution in [2.45, 2.75) is 44.9 Å². The van der Waals surface area contributed by atoms with E-state index in [2.05, 4.69) is 15.5 Å². The van der Waals surface area contributed by atoms with Crippen LogP contribution in [0, 0.1) is 11.8 Å². The molecular formula is C17H22N4O3S. The molecule has 1 aromatic rings. The molecule has 0 aromatic carbocycles. The van der Waals surface area contributed by atoms with Crippen LogP contribution in [0.2, 0.25) is 0 Å². The summed E-state index contributed by atoms with van der Waals surface area (Å²) in [5.74, 6) is -0.966. The Morgan fingerprint density at radius 1 is 1.44 bits per heavy atom. The van der Waals surface area contributed by atoms with E-state index in [0.717, 1.165) is 22.9 Å². The van der Waals surface area contributed by atoms with Crippen molar-refractivity contribution in [2.75, 3.05) is 13.1 Å². The molecule has 3 aliphatic rings. The Morgan fingerprint density at radius 3 is 2.96 bits per heavy atom. The molecule has 2 saturated heterocycles. The predicted molar refractivity (Wildman–Crippen MR) is 91.7 cm³/mol. The molecule has 1 spiro atoms. The van der Waals surface area contributed by atoms with Gasteiger partial charge in [-0.15, -0.1) is 10.2 Å². The Morgan fingerprint density at radius 2 is 2.24 bits per heavy atom. The van der Waals surface area contributed by atoms with E-state index in [0.29, 0.717) is 19.6 Å². The zero-order valence-corrected chi connectivity index (χ0v) is 15.2. The van der Waals surface area contributed by atoms with Gasteiger partial charge >= 0.3 is 0 Å². The average molecular weight is 362 g/mol. The average Bonchev–Trinajstić information content (AvgIpc) is 3.34.